The van der Waals surface area contributed by atoms with Crippen LogP contribution < -0.4 is 5.32 Å². The number of aromatic nitrogens is 1. The molecule has 0 aliphatic rings. The summed E-state index contributed by atoms with van der Waals surface area (Å²) >= 11 is 3.51. The van der Waals surface area contributed by atoms with E-state index in [1.54, 1.807) is 6.20 Å². The van der Waals surface area contributed by atoms with Crippen molar-refractivity contribution in [1.82, 2.24) is 10.3 Å². The molecule has 1 atom stereocenters. The Bertz CT molecular complexity index is 616. The van der Waals surface area contributed by atoms with Crippen molar-refractivity contribution in [2.75, 3.05) is 13.7 Å². The van der Waals surface area contributed by atoms with Gasteiger partial charge in [0, 0.05) is 21.6 Å². The molecule has 0 fully saturated rings. The van der Waals surface area contributed by atoms with Gasteiger partial charge in [-0.15, -0.1) is 0 Å². The van der Waals surface area contributed by atoms with Gasteiger partial charge in [0.2, 0.25) is 0 Å². The molecule has 1 aromatic heterocycles. The number of halogens is 1. The first kappa shape index (κ1) is 14.9. The highest BCUT2D eigenvalue weighted by Gasteiger charge is 2.23. The van der Waals surface area contributed by atoms with Gasteiger partial charge in [-0.25, -0.2) is 4.79 Å². The number of esters is 1. The predicted octanol–water partition coefficient (Wildman–Crippen LogP) is 3.21. The number of pyridine rings is 1. The Morgan fingerprint density at radius 2 is 2.25 bits per heavy atom. The number of nitrogens with zero attached hydrogens (tertiary/aromatic N) is 1. The van der Waals surface area contributed by atoms with Crippen LogP contribution in [0.2, 0.25) is 0 Å². The van der Waals surface area contributed by atoms with Crippen LogP contribution in [0.25, 0.3) is 10.9 Å². The summed E-state index contributed by atoms with van der Waals surface area (Å²) in [6, 6.07) is 7.20. The third kappa shape index (κ3) is 2.99. The van der Waals surface area contributed by atoms with Crippen molar-refractivity contribution in [3.8, 4) is 0 Å². The molecule has 0 saturated carbocycles. The summed E-state index contributed by atoms with van der Waals surface area (Å²) in [5.74, 6) is -0.298. The van der Waals surface area contributed by atoms with Gasteiger partial charge >= 0.3 is 5.97 Å². The van der Waals surface area contributed by atoms with Gasteiger partial charge in [-0.3, -0.25) is 4.98 Å². The zero-order chi connectivity index (χ0) is 14.5. The van der Waals surface area contributed by atoms with Gasteiger partial charge in [-0.05, 0) is 25.1 Å². The van der Waals surface area contributed by atoms with Crippen LogP contribution in [-0.2, 0) is 9.53 Å². The first-order chi connectivity index (χ1) is 9.69. The molecule has 1 heterocycles. The lowest BCUT2D eigenvalue weighted by molar-refractivity contribution is -0.143. The van der Waals surface area contributed by atoms with Crippen LogP contribution in [0, 0.1) is 0 Å². The van der Waals surface area contributed by atoms with Gasteiger partial charge in [-0.1, -0.05) is 35.0 Å². The van der Waals surface area contributed by atoms with Crippen LogP contribution in [0.1, 0.15) is 24.9 Å². The fourth-order valence-corrected chi connectivity index (χ4v) is 2.57. The number of methoxy groups -OCH3 is 1. The van der Waals surface area contributed by atoms with E-state index in [4.69, 9.17) is 4.74 Å². The molecule has 1 aromatic carbocycles. The summed E-state index contributed by atoms with van der Waals surface area (Å²) in [7, 11) is 1.40. The smallest absolute Gasteiger partial charge is 0.327 e. The molecule has 106 valence electrons. The van der Waals surface area contributed by atoms with Crippen LogP contribution in [0.5, 0.6) is 0 Å². The topological polar surface area (TPSA) is 51.2 Å². The van der Waals surface area contributed by atoms with Crippen molar-refractivity contribution in [3.05, 3.63) is 40.5 Å². The molecule has 2 aromatic rings. The molecule has 5 heteroatoms. The second kappa shape index (κ2) is 6.81. The lowest BCUT2D eigenvalue weighted by Crippen LogP contribution is -2.30. The number of hydrogen-bond acceptors (Lipinski definition) is 4. The number of ether oxygens (including phenoxy) is 1. The number of carbonyl (C=O) groups is 1. The summed E-state index contributed by atoms with van der Waals surface area (Å²) in [5.41, 5.74) is 1.64. The van der Waals surface area contributed by atoms with Crippen LogP contribution in [0.4, 0.5) is 0 Å². The molecule has 0 aliphatic heterocycles. The van der Waals surface area contributed by atoms with Gasteiger partial charge in [0.25, 0.3) is 0 Å². The van der Waals surface area contributed by atoms with Crippen molar-refractivity contribution in [2.45, 2.75) is 19.4 Å². The minimum atomic E-state index is -0.495. The maximum absolute atomic E-state index is 12.0. The average molecular weight is 337 g/mol. The third-order valence-corrected chi connectivity index (χ3v) is 3.79. The van der Waals surface area contributed by atoms with Gasteiger partial charge < -0.3 is 10.1 Å². The van der Waals surface area contributed by atoms with E-state index in [1.165, 1.54) is 7.11 Å². The molecule has 0 amide bonds. The van der Waals surface area contributed by atoms with Crippen LogP contribution in [0.15, 0.2) is 34.9 Å². The maximum atomic E-state index is 12.0. The molecule has 0 aliphatic carbocycles. The summed E-state index contributed by atoms with van der Waals surface area (Å²) < 4.78 is 5.86. The van der Waals surface area contributed by atoms with Gasteiger partial charge in [-0.2, -0.15) is 0 Å². The summed E-state index contributed by atoms with van der Waals surface area (Å²) in [5, 5.41) is 4.20. The van der Waals surface area contributed by atoms with Crippen LogP contribution in [0.3, 0.4) is 0 Å². The largest absolute Gasteiger partial charge is 0.468 e. The predicted molar refractivity (Wildman–Crippen MR) is 82.5 cm³/mol. The highest BCUT2D eigenvalue weighted by atomic mass is 79.9. The quantitative estimate of drug-likeness (QED) is 0.852. The van der Waals surface area contributed by atoms with E-state index >= 15 is 0 Å². The highest BCUT2D eigenvalue weighted by molar-refractivity contribution is 9.10. The zero-order valence-corrected chi connectivity index (χ0v) is 13.1. The average Bonchev–Trinajstić information content (AvgIpc) is 2.49. The molecule has 0 spiro atoms. The molecular formula is C15H17BrN2O2. The highest BCUT2D eigenvalue weighted by Crippen LogP contribution is 2.29. The SMILES string of the molecule is CCCNC(C(=O)OC)c1ccc(Br)c2cccnc12. The Labute approximate surface area is 126 Å². The molecule has 0 bridgehead atoms. The van der Waals surface area contributed by atoms with E-state index in [2.05, 4.69) is 33.2 Å². The summed E-state index contributed by atoms with van der Waals surface area (Å²) in [6.07, 6.45) is 2.67. The van der Waals surface area contributed by atoms with Gasteiger partial charge in [0.05, 0.1) is 12.6 Å². The molecular weight excluding hydrogens is 320 g/mol. The Balaban J connectivity index is 2.53. The van der Waals surface area contributed by atoms with Crippen LogP contribution >= 0.6 is 15.9 Å². The minimum absolute atomic E-state index is 0.298. The van der Waals surface area contributed by atoms with Crippen molar-refractivity contribution < 1.29 is 9.53 Å². The van der Waals surface area contributed by atoms with E-state index in [1.807, 2.05) is 24.3 Å². The van der Waals surface area contributed by atoms with E-state index in [0.29, 0.717) is 0 Å². The monoisotopic (exact) mass is 336 g/mol. The second-order valence-electron chi connectivity index (χ2n) is 4.45. The Morgan fingerprint density at radius 1 is 1.45 bits per heavy atom. The molecule has 1 N–H and O–H groups in total. The maximum Gasteiger partial charge on any atom is 0.327 e. The van der Waals surface area contributed by atoms with Gasteiger partial charge in [0.15, 0.2) is 0 Å². The molecule has 20 heavy (non-hydrogen) atoms. The molecule has 4 nitrogen and oxygen atoms in total. The number of nitrogens with one attached hydrogen (secondary N) is 1. The Kier molecular flexibility index (Phi) is 5.09. The standard InChI is InChI=1S/C15H17BrN2O2/c1-3-8-17-14(15(19)20-2)11-6-7-12(16)10-5-4-9-18-13(10)11/h4-7,9,14,17H,3,8H2,1-2H3. The van der Waals surface area contributed by atoms with Crippen molar-refractivity contribution >= 4 is 32.8 Å². The second-order valence-corrected chi connectivity index (χ2v) is 5.30. The summed E-state index contributed by atoms with van der Waals surface area (Å²) in [4.78, 5) is 16.4. The Hall–Kier alpha value is -1.46. The molecule has 0 radical (unpaired) electrons. The molecule has 0 saturated heterocycles. The third-order valence-electron chi connectivity index (χ3n) is 3.09. The normalized spacial score (nSPS) is 12.3. The minimum Gasteiger partial charge on any atom is -0.468 e. The summed E-state index contributed by atoms with van der Waals surface area (Å²) in [6.45, 7) is 2.80. The van der Waals surface area contributed by atoms with Crippen LogP contribution in [-0.4, -0.2) is 24.6 Å². The lowest BCUT2D eigenvalue weighted by Gasteiger charge is -2.18. The zero-order valence-electron chi connectivity index (χ0n) is 11.5. The molecule has 1 unspecified atom stereocenters. The number of hydrogen-bond donors (Lipinski definition) is 1. The number of carbonyl (C=O) groups excluding carboxylic acids is 1. The molecule has 2 rings (SSSR count). The van der Waals surface area contributed by atoms with Gasteiger partial charge in [0.1, 0.15) is 6.04 Å². The van der Waals surface area contributed by atoms with Crippen molar-refractivity contribution in [2.24, 2.45) is 0 Å². The number of benzene rings is 1. The van der Waals surface area contributed by atoms with Crippen molar-refractivity contribution in [3.63, 3.8) is 0 Å². The lowest BCUT2D eigenvalue weighted by atomic mass is 10.0. The van der Waals surface area contributed by atoms with E-state index in [-0.39, 0.29) is 5.97 Å². The van der Waals surface area contributed by atoms with E-state index in [0.717, 1.165) is 33.9 Å². The van der Waals surface area contributed by atoms with Crippen molar-refractivity contribution in [1.29, 1.82) is 0 Å². The number of fused-ring (bicyclic) bond motifs is 1. The van der Waals surface area contributed by atoms with E-state index in [9.17, 15) is 4.79 Å². The first-order valence-corrected chi connectivity index (χ1v) is 7.32. The van der Waals surface area contributed by atoms with E-state index < -0.39 is 6.04 Å². The Morgan fingerprint density at radius 3 is 2.95 bits per heavy atom. The fraction of sp³-hybridized carbons (Fsp3) is 0.333. The number of rotatable bonds is 5. The first-order valence-electron chi connectivity index (χ1n) is 6.53. The fourth-order valence-electron chi connectivity index (χ4n) is 2.12.